The molecule has 0 N–H and O–H groups in total. The lowest BCUT2D eigenvalue weighted by Crippen LogP contribution is -1.96. The van der Waals surface area contributed by atoms with Gasteiger partial charge in [0.15, 0.2) is 0 Å². The molecule has 0 spiro atoms. The van der Waals surface area contributed by atoms with Crippen molar-refractivity contribution >= 4 is 12.3 Å². The fraction of sp³-hybridized carbons (Fsp3) is 0.200. The molecule has 0 fully saturated rings. The van der Waals surface area contributed by atoms with Crippen LogP contribution < -0.4 is 0 Å². The summed E-state index contributed by atoms with van der Waals surface area (Å²) in [6.45, 7) is 3.02. The van der Waals surface area contributed by atoms with Crippen molar-refractivity contribution in [2.45, 2.75) is 6.42 Å². The summed E-state index contributed by atoms with van der Waals surface area (Å²) in [5.41, 5.74) is -0.236. The third kappa shape index (κ3) is 2.12. The molecule has 0 bridgehead atoms. The SMILES string of the molecule is C=C(C[C]=O)C([O])=O. The standard InChI is InChI=1S/C5H4O3/c1-4(2-3-6)5(7)8/h1-2H2. The van der Waals surface area contributed by atoms with E-state index in [2.05, 4.69) is 6.58 Å². The summed E-state index contributed by atoms with van der Waals surface area (Å²) in [5, 5.41) is 9.70. The fourth-order valence-electron chi connectivity index (χ4n) is 0.159. The minimum absolute atomic E-state index is 0.236. The molecule has 0 rings (SSSR count). The summed E-state index contributed by atoms with van der Waals surface area (Å²) in [4.78, 5) is 19.1. The Morgan fingerprint density at radius 2 is 2.12 bits per heavy atom. The zero-order chi connectivity index (χ0) is 6.57. The molecular formula is C5H4O3. The highest BCUT2D eigenvalue weighted by molar-refractivity contribution is 5.88. The van der Waals surface area contributed by atoms with Crippen molar-refractivity contribution in [1.82, 2.24) is 0 Å². The molecule has 0 aromatic heterocycles. The van der Waals surface area contributed by atoms with E-state index in [4.69, 9.17) is 0 Å². The van der Waals surface area contributed by atoms with Crippen molar-refractivity contribution in [3.63, 3.8) is 0 Å². The van der Waals surface area contributed by atoms with Crippen LogP contribution >= 0.6 is 0 Å². The van der Waals surface area contributed by atoms with Gasteiger partial charge < -0.3 is 0 Å². The number of hydrogen-bond donors (Lipinski definition) is 0. The molecule has 0 aliphatic rings. The summed E-state index contributed by atoms with van der Waals surface area (Å²) in [7, 11) is 0. The van der Waals surface area contributed by atoms with Gasteiger partial charge in [0.2, 0.25) is 6.29 Å². The topological polar surface area (TPSA) is 54.0 Å². The van der Waals surface area contributed by atoms with Crippen molar-refractivity contribution in [3.8, 4) is 0 Å². The molecule has 0 heterocycles. The maximum absolute atomic E-state index is 9.70. The summed E-state index contributed by atoms with van der Waals surface area (Å²) < 4.78 is 0. The molecule has 0 saturated heterocycles. The van der Waals surface area contributed by atoms with Gasteiger partial charge in [-0.1, -0.05) is 6.58 Å². The first kappa shape index (κ1) is 6.88. The van der Waals surface area contributed by atoms with E-state index in [9.17, 15) is 14.7 Å². The molecule has 0 atom stereocenters. The average Bonchev–Trinajstić information content (AvgIpc) is 1.67. The van der Waals surface area contributed by atoms with E-state index in [1.54, 1.807) is 0 Å². The van der Waals surface area contributed by atoms with E-state index >= 15 is 0 Å². The number of carbonyl (C=O) groups excluding carboxylic acids is 2. The van der Waals surface area contributed by atoms with Crippen LogP contribution in [0.3, 0.4) is 0 Å². The Morgan fingerprint density at radius 3 is 2.25 bits per heavy atom. The van der Waals surface area contributed by atoms with E-state index in [1.165, 1.54) is 6.29 Å². The molecule has 0 aliphatic carbocycles. The van der Waals surface area contributed by atoms with Gasteiger partial charge in [0.1, 0.15) is 0 Å². The van der Waals surface area contributed by atoms with Gasteiger partial charge in [-0.05, 0) is 0 Å². The predicted octanol–water partition coefficient (Wildman–Crippen LogP) is -0.000500. The predicted molar refractivity (Wildman–Crippen MR) is 25.1 cm³/mol. The van der Waals surface area contributed by atoms with Crippen LogP contribution in [-0.2, 0) is 14.7 Å². The van der Waals surface area contributed by atoms with Crippen molar-refractivity contribution in [3.05, 3.63) is 12.2 Å². The molecule has 3 heteroatoms. The lowest BCUT2D eigenvalue weighted by molar-refractivity contribution is -0.138. The second-order valence-corrected chi connectivity index (χ2v) is 1.21. The maximum atomic E-state index is 9.70. The highest BCUT2D eigenvalue weighted by Gasteiger charge is 2.03. The highest BCUT2D eigenvalue weighted by Crippen LogP contribution is 1.92. The van der Waals surface area contributed by atoms with Crippen LogP contribution in [-0.4, -0.2) is 12.3 Å². The van der Waals surface area contributed by atoms with Crippen LogP contribution in [0.1, 0.15) is 6.42 Å². The van der Waals surface area contributed by atoms with Crippen LogP contribution in [0.5, 0.6) is 0 Å². The second kappa shape index (κ2) is 2.96. The Bertz CT molecular complexity index is 126. The normalized spacial score (nSPS) is 8.00. The molecule has 0 aliphatic heterocycles. The molecule has 42 valence electrons. The lowest BCUT2D eigenvalue weighted by atomic mass is 10.2. The molecule has 0 aromatic rings. The fourth-order valence-corrected chi connectivity index (χ4v) is 0.159. The van der Waals surface area contributed by atoms with Gasteiger partial charge in [-0.25, -0.2) is 9.90 Å². The molecule has 2 radical (unpaired) electrons. The molecule has 0 aromatic carbocycles. The first-order valence-corrected chi connectivity index (χ1v) is 1.92. The van der Waals surface area contributed by atoms with Crippen LogP contribution in [0, 0.1) is 0 Å². The summed E-state index contributed by atoms with van der Waals surface area (Å²) in [5.74, 6) is -1.40. The Hall–Kier alpha value is -1.12. The summed E-state index contributed by atoms with van der Waals surface area (Å²) >= 11 is 0. The molecule has 0 saturated carbocycles. The van der Waals surface area contributed by atoms with E-state index < -0.39 is 5.97 Å². The number of hydrogen-bond acceptors (Lipinski definition) is 2. The summed E-state index contributed by atoms with van der Waals surface area (Å²) in [6.07, 6.45) is 1.10. The first-order chi connectivity index (χ1) is 3.68. The Balaban J connectivity index is 3.65. The van der Waals surface area contributed by atoms with Gasteiger partial charge in [0.05, 0.1) is 0 Å². The van der Waals surface area contributed by atoms with Crippen LogP contribution in [0.4, 0.5) is 0 Å². The number of carbonyl (C=O) groups is 1. The third-order valence-electron chi connectivity index (χ3n) is 0.574. The molecule has 0 amide bonds. The van der Waals surface area contributed by atoms with E-state index in [0.29, 0.717) is 0 Å². The van der Waals surface area contributed by atoms with Gasteiger partial charge in [0, 0.05) is 12.0 Å². The zero-order valence-corrected chi connectivity index (χ0v) is 4.14. The Kier molecular flexibility index (Phi) is 2.54. The van der Waals surface area contributed by atoms with Gasteiger partial charge in [0.25, 0.3) is 0 Å². The largest absolute Gasteiger partial charge is 0.382 e. The van der Waals surface area contributed by atoms with Gasteiger partial charge in [-0.3, -0.25) is 4.79 Å². The third-order valence-corrected chi connectivity index (χ3v) is 0.574. The van der Waals surface area contributed by atoms with Crippen molar-refractivity contribution in [1.29, 1.82) is 0 Å². The van der Waals surface area contributed by atoms with Gasteiger partial charge >= 0.3 is 5.97 Å². The Labute approximate surface area is 46.6 Å². The van der Waals surface area contributed by atoms with Crippen molar-refractivity contribution in [2.75, 3.05) is 0 Å². The van der Waals surface area contributed by atoms with E-state index in [-0.39, 0.29) is 12.0 Å². The smallest absolute Gasteiger partial charge is 0.291 e. The molecule has 8 heavy (non-hydrogen) atoms. The number of rotatable bonds is 3. The van der Waals surface area contributed by atoms with Crippen LogP contribution in [0.2, 0.25) is 0 Å². The Morgan fingerprint density at radius 1 is 1.62 bits per heavy atom. The maximum Gasteiger partial charge on any atom is 0.382 e. The van der Waals surface area contributed by atoms with E-state index in [1.807, 2.05) is 0 Å². The minimum atomic E-state index is -1.40. The average molecular weight is 112 g/mol. The lowest BCUT2D eigenvalue weighted by Gasteiger charge is -1.82. The first-order valence-electron chi connectivity index (χ1n) is 1.92. The van der Waals surface area contributed by atoms with Crippen molar-refractivity contribution in [2.24, 2.45) is 0 Å². The minimum Gasteiger partial charge on any atom is -0.291 e. The monoisotopic (exact) mass is 112 g/mol. The highest BCUT2D eigenvalue weighted by atomic mass is 16.4. The molecular weight excluding hydrogens is 108 g/mol. The van der Waals surface area contributed by atoms with Gasteiger partial charge in [-0.2, -0.15) is 0 Å². The molecule has 3 nitrogen and oxygen atoms in total. The zero-order valence-electron chi connectivity index (χ0n) is 4.14. The second-order valence-electron chi connectivity index (χ2n) is 1.21. The van der Waals surface area contributed by atoms with Crippen molar-refractivity contribution < 1.29 is 14.7 Å². The van der Waals surface area contributed by atoms with Gasteiger partial charge in [-0.15, -0.1) is 0 Å². The van der Waals surface area contributed by atoms with Crippen LogP contribution in [0.25, 0.3) is 0 Å². The van der Waals surface area contributed by atoms with E-state index in [0.717, 1.165) is 0 Å². The quantitative estimate of drug-likeness (QED) is 0.482. The molecule has 0 unspecified atom stereocenters. The summed E-state index contributed by atoms with van der Waals surface area (Å²) in [6, 6.07) is 0. The van der Waals surface area contributed by atoms with Crippen LogP contribution in [0.15, 0.2) is 12.2 Å².